The molecule has 0 radical (unpaired) electrons. The second-order valence-corrected chi connectivity index (χ2v) is 3.59. The van der Waals surface area contributed by atoms with Crippen molar-refractivity contribution >= 4 is 23.7 Å². The minimum Gasteiger partial charge on any atom is -0.495 e. The average molecular weight is 281 g/mol. The molecule has 3 nitrogen and oxygen atoms in total. The molecule has 1 aromatic carbocycles. The number of hydrogen-bond donors (Lipinski definition) is 0. The minimum absolute atomic E-state index is 0.194. The molecule has 0 bridgehead atoms. The predicted octanol–water partition coefficient (Wildman–Crippen LogP) is 2.95. The normalized spacial score (nSPS) is 11.2. The van der Waals surface area contributed by atoms with E-state index in [-0.39, 0.29) is 23.2 Å². The van der Waals surface area contributed by atoms with Crippen molar-refractivity contribution in [1.82, 2.24) is 0 Å². The lowest BCUT2D eigenvalue weighted by Crippen LogP contribution is -2.12. The summed E-state index contributed by atoms with van der Waals surface area (Å²) in [5.41, 5.74) is -1.80. The molecule has 7 heteroatoms. The fraction of sp³-hybridized carbons (Fsp3) is 0.273. The van der Waals surface area contributed by atoms with Crippen molar-refractivity contribution in [2.75, 3.05) is 13.0 Å². The van der Waals surface area contributed by atoms with E-state index in [0.29, 0.717) is 12.1 Å². The Labute approximate surface area is 105 Å². The Bertz CT molecular complexity index is 483. The lowest BCUT2D eigenvalue weighted by Gasteiger charge is -2.13. The van der Waals surface area contributed by atoms with Gasteiger partial charge >= 0.3 is 6.18 Å². The lowest BCUT2D eigenvalue weighted by atomic mass is 10.0. The lowest BCUT2D eigenvalue weighted by molar-refractivity contribution is -0.137. The predicted molar refractivity (Wildman–Crippen MR) is 58.4 cm³/mol. The summed E-state index contributed by atoms with van der Waals surface area (Å²) in [5, 5.41) is 0. The van der Waals surface area contributed by atoms with Gasteiger partial charge < -0.3 is 4.74 Å². The van der Waals surface area contributed by atoms with Crippen molar-refractivity contribution in [2.45, 2.75) is 6.18 Å². The van der Waals surface area contributed by atoms with Gasteiger partial charge in [0.2, 0.25) is 0 Å². The van der Waals surface area contributed by atoms with Crippen LogP contribution in [-0.4, -0.2) is 25.1 Å². The van der Waals surface area contributed by atoms with E-state index in [1.165, 1.54) is 0 Å². The van der Waals surface area contributed by atoms with Crippen LogP contribution in [0, 0.1) is 0 Å². The molecule has 0 saturated heterocycles. The Hall–Kier alpha value is -1.56. The molecule has 98 valence electrons. The summed E-state index contributed by atoms with van der Waals surface area (Å²) in [6, 6.07) is 1.24. The Kier molecular flexibility index (Phi) is 4.34. The third kappa shape index (κ3) is 2.81. The topological polar surface area (TPSA) is 43.4 Å². The second kappa shape index (κ2) is 5.39. The number of benzene rings is 1. The number of ketones is 1. The molecule has 0 heterocycles. The van der Waals surface area contributed by atoms with Gasteiger partial charge in [-0.2, -0.15) is 13.2 Å². The van der Waals surface area contributed by atoms with Crippen LogP contribution in [0.2, 0.25) is 0 Å². The van der Waals surface area contributed by atoms with E-state index < -0.39 is 23.4 Å². The summed E-state index contributed by atoms with van der Waals surface area (Å²) in [6.45, 7) is 0. The zero-order valence-electron chi connectivity index (χ0n) is 9.18. The SMILES string of the molecule is COc1c(C=O)cc(C(F)(F)F)cc1C(=O)CCl. The Morgan fingerprint density at radius 3 is 2.44 bits per heavy atom. The molecule has 1 aromatic rings. The smallest absolute Gasteiger partial charge is 0.416 e. The quantitative estimate of drug-likeness (QED) is 0.484. The van der Waals surface area contributed by atoms with Crippen LogP contribution in [0.5, 0.6) is 5.75 Å². The van der Waals surface area contributed by atoms with Gasteiger partial charge in [0.25, 0.3) is 0 Å². The molecule has 0 aromatic heterocycles. The number of Topliss-reactive ketones (excluding diaryl/α,β-unsaturated/α-hetero) is 1. The maximum atomic E-state index is 12.6. The van der Waals surface area contributed by atoms with Crippen LogP contribution in [0.4, 0.5) is 13.2 Å². The first-order valence-electron chi connectivity index (χ1n) is 4.68. The largest absolute Gasteiger partial charge is 0.495 e. The number of rotatable bonds is 4. The van der Waals surface area contributed by atoms with Crippen molar-refractivity contribution in [1.29, 1.82) is 0 Å². The van der Waals surface area contributed by atoms with Crippen molar-refractivity contribution in [3.8, 4) is 5.75 Å². The third-order valence-electron chi connectivity index (χ3n) is 2.20. The summed E-state index contributed by atoms with van der Waals surface area (Å²) in [4.78, 5) is 22.2. The Morgan fingerprint density at radius 1 is 1.44 bits per heavy atom. The van der Waals surface area contributed by atoms with Crippen molar-refractivity contribution in [3.63, 3.8) is 0 Å². The number of carbonyl (C=O) groups excluding carboxylic acids is 2. The standard InChI is InChI=1S/C11H8ClF3O3/c1-18-10-6(5-16)2-7(11(13,14)15)3-8(10)9(17)4-12/h2-3,5H,4H2,1H3. The number of methoxy groups -OCH3 is 1. The summed E-state index contributed by atoms with van der Waals surface area (Å²) in [7, 11) is 1.15. The molecule has 0 amide bonds. The van der Waals surface area contributed by atoms with Crippen LogP contribution in [0.1, 0.15) is 26.3 Å². The number of ether oxygens (including phenoxy) is 1. The van der Waals surface area contributed by atoms with Gasteiger partial charge in [0.15, 0.2) is 12.1 Å². The molecule has 0 aliphatic heterocycles. The van der Waals surface area contributed by atoms with Gasteiger partial charge in [0.05, 0.1) is 29.7 Å². The van der Waals surface area contributed by atoms with Crippen LogP contribution in [0.25, 0.3) is 0 Å². The van der Waals surface area contributed by atoms with Gasteiger partial charge in [-0.3, -0.25) is 9.59 Å². The summed E-state index contributed by atoms with van der Waals surface area (Å²) < 4.78 is 42.5. The number of halogens is 4. The van der Waals surface area contributed by atoms with Crippen molar-refractivity contribution in [3.05, 3.63) is 28.8 Å². The van der Waals surface area contributed by atoms with E-state index in [4.69, 9.17) is 16.3 Å². The molecule has 0 aliphatic rings. The first kappa shape index (κ1) is 14.5. The van der Waals surface area contributed by atoms with Crippen LogP contribution in [0.3, 0.4) is 0 Å². The summed E-state index contributed by atoms with van der Waals surface area (Å²) in [5.74, 6) is -1.46. The zero-order chi connectivity index (χ0) is 13.9. The van der Waals surface area contributed by atoms with Crippen LogP contribution < -0.4 is 4.74 Å². The molecule has 0 saturated carbocycles. The molecular weight excluding hydrogens is 273 g/mol. The third-order valence-corrected chi connectivity index (χ3v) is 2.44. The number of carbonyl (C=O) groups is 2. The maximum Gasteiger partial charge on any atom is 0.416 e. The molecule has 18 heavy (non-hydrogen) atoms. The van der Waals surface area contributed by atoms with Crippen molar-refractivity contribution < 1.29 is 27.5 Å². The van der Waals surface area contributed by atoms with Gasteiger partial charge in [-0.15, -0.1) is 11.6 Å². The highest BCUT2D eigenvalue weighted by atomic mass is 35.5. The minimum atomic E-state index is -4.66. The Morgan fingerprint density at radius 2 is 2.06 bits per heavy atom. The zero-order valence-corrected chi connectivity index (χ0v) is 9.93. The number of hydrogen-bond acceptors (Lipinski definition) is 3. The maximum absolute atomic E-state index is 12.6. The molecule has 1 rings (SSSR count). The highest BCUT2D eigenvalue weighted by Gasteiger charge is 2.33. The van der Waals surface area contributed by atoms with Crippen LogP contribution in [-0.2, 0) is 6.18 Å². The fourth-order valence-corrected chi connectivity index (χ4v) is 1.55. The number of aldehydes is 1. The van der Waals surface area contributed by atoms with E-state index in [1.54, 1.807) is 0 Å². The summed E-state index contributed by atoms with van der Waals surface area (Å²) >= 11 is 5.30. The van der Waals surface area contributed by atoms with E-state index in [1.807, 2.05) is 0 Å². The van der Waals surface area contributed by atoms with Crippen molar-refractivity contribution in [2.24, 2.45) is 0 Å². The highest BCUT2D eigenvalue weighted by Crippen LogP contribution is 2.34. The van der Waals surface area contributed by atoms with E-state index in [9.17, 15) is 22.8 Å². The van der Waals surface area contributed by atoms with Gasteiger partial charge in [0.1, 0.15) is 5.75 Å². The van der Waals surface area contributed by atoms with E-state index >= 15 is 0 Å². The highest BCUT2D eigenvalue weighted by molar-refractivity contribution is 6.31. The van der Waals surface area contributed by atoms with E-state index in [2.05, 4.69) is 0 Å². The fourth-order valence-electron chi connectivity index (χ4n) is 1.41. The molecule has 0 unspecified atom stereocenters. The second-order valence-electron chi connectivity index (χ2n) is 3.32. The molecule has 0 atom stereocenters. The molecular formula is C11H8ClF3O3. The van der Waals surface area contributed by atoms with Crippen LogP contribution >= 0.6 is 11.6 Å². The first-order valence-corrected chi connectivity index (χ1v) is 5.22. The van der Waals surface area contributed by atoms with Crippen LogP contribution in [0.15, 0.2) is 12.1 Å². The number of alkyl halides is 4. The van der Waals surface area contributed by atoms with Gasteiger partial charge in [0, 0.05) is 0 Å². The Balaban J connectivity index is 3.55. The van der Waals surface area contributed by atoms with E-state index in [0.717, 1.165) is 7.11 Å². The molecule has 0 spiro atoms. The summed E-state index contributed by atoms with van der Waals surface area (Å²) in [6.07, 6.45) is -4.47. The average Bonchev–Trinajstić information content (AvgIpc) is 2.34. The van der Waals surface area contributed by atoms with Gasteiger partial charge in [-0.25, -0.2) is 0 Å². The molecule has 0 fully saturated rings. The first-order chi connectivity index (χ1) is 8.35. The molecule has 0 N–H and O–H groups in total. The van der Waals surface area contributed by atoms with Gasteiger partial charge in [-0.05, 0) is 12.1 Å². The monoisotopic (exact) mass is 280 g/mol. The molecule has 0 aliphatic carbocycles. The van der Waals surface area contributed by atoms with Gasteiger partial charge in [-0.1, -0.05) is 0 Å².